The predicted octanol–water partition coefficient (Wildman–Crippen LogP) is 6.91. The number of ether oxygens (including phenoxy) is 2. The van der Waals surface area contributed by atoms with E-state index in [0.29, 0.717) is 50.6 Å². The van der Waals surface area contributed by atoms with Crippen LogP contribution in [0.25, 0.3) is 11.1 Å². The predicted molar refractivity (Wildman–Crippen MR) is 166 cm³/mol. The smallest absolute Gasteiger partial charge is 0.433 e. The summed E-state index contributed by atoms with van der Waals surface area (Å²) in [6, 6.07) is 13.0. The van der Waals surface area contributed by atoms with Gasteiger partial charge in [-0.1, -0.05) is 29.8 Å². The van der Waals surface area contributed by atoms with E-state index in [2.05, 4.69) is 10.00 Å². The van der Waals surface area contributed by atoms with Crippen LogP contribution in [0.15, 0.2) is 48.7 Å². The van der Waals surface area contributed by atoms with Gasteiger partial charge in [-0.3, -0.25) is 4.68 Å². The number of esters is 1. The van der Waals surface area contributed by atoms with E-state index in [0.717, 1.165) is 33.4 Å². The Hall–Kier alpha value is -3.93. The quantitative estimate of drug-likeness (QED) is 0.258. The highest BCUT2D eigenvalue weighted by atomic mass is 35.5. The average Bonchev–Trinajstić information content (AvgIpc) is 3.48. The van der Waals surface area contributed by atoms with Crippen LogP contribution in [0, 0.1) is 0 Å². The third-order valence-electron chi connectivity index (χ3n) is 8.02. The average molecular weight is 648 g/mol. The van der Waals surface area contributed by atoms with Crippen LogP contribution in [0.4, 0.5) is 29.3 Å². The third-order valence-corrected chi connectivity index (χ3v) is 8.26. The molecule has 0 aliphatic carbocycles. The molecule has 1 unspecified atom stereocenters. The fourth-order valence-electron chi connectivity index (χ4n) is 5.94. The van der Waals surface area contributed by atoms with Crippen molar-refractivity contribution in [1.82, 2.24) is 14.7 Å². The lowest BCUT2D eigenvalue weighted by molar-refractivity contribution is -0.145. The summed E-state index contributed by atoms with van der Waals surface area (Å²) < 4.78 is 53.7. The standard InChI is InChI=1S/C32H37ClF3N5O4/c1-4-44-30(42)27-19-37-41(29(27)32(34,35)36)25-6-5-13-40(20-25)28-18-23(33)9-12-26(28)22-7-10-24(11-8-22)38-14-16-39(17-15-38)31(43)45-21(2)3/h7-12,18-19,21,25H,4-6,13-17,20H2,1-3H3. The summed E-state index contributed by atoms with van der Waals surface area (Å²) in [5, 5.41) is 4.54. The molecule has 0 spiro atoms. The van der Waals surface area contributed by atoms with Crippen LogP contribution in [-0.2, 0) is 15.7 Å². The fraction of sp³-hybridized carbons (Fsp3) is 0.469. The summed E-state index contributed by atoms with van der Waals surface area (Å²) >= 11 is 6.43. The van der Waals surface area contributed by atoms with Crippen LogP contribution < -0.4 is 9.80 Å². The van der Waals surface area contributed by atoms with Crippen molar-refractivity contribution in [2.45, 2.75) is 51.9 Å². The normalized spacial score (nSPS) is 17.5. The molecule has 0 N–H and O–H groups in total. The van der Waals surface area contributed by atoms with Crippen molar-refractivity contribution < 1.29 is 32.2 Å². The van der Waals surface area contributed by atoms with E-state index in [-0.39, 0.29) is 25.3 Å². The number of nitrogens with zero attached hydrogens (tertiary/aromatic N) is 5. The van der Waals surface area contributed by atoms with Gasteiger partial charge in [-0.15, -0.1) is 0 Å². The number of hydrogen-bond acceptors (Lipinski definition) is 7. The van der Waals surface area contributed by atoms with Crippen molar-refractivity contribution in [2.75, 3.05) is 55.7 Å². The molecule has 0 saturated carbocycles. The molecule has 45 heavy (non-hydrogen) atoms. The van der Waals surface area contributed by atoms with Crippen molar-refractivity contribution in [1.29, 1.82) is 0 Å². The molecular weight excluding hydrogens is 611 g/mol. The minimum atomic E-state index is -4.78. The summed E-state index contributed by atoms with van der Waals surface area (Å²) in [5.74, 6) is -1.04. The van der Waals surface area contributed by atoms with Gasteiger partial charge in [0.2, 0.25) is 0 Å². The van der Waals surface area contributed by atoms with E-state index in [1.807, 2.05) is 55.1 Å². The number of carbonyl (C=O) groups excluding carboxylic acids is 2. The number of piperidine rings is 1. The van der Waals surface area contributed by atoms with Gasteiger partial charge in [-0.25, -0.2) is 9.59 Å². The van der Waals surface area contributed by atoms with Crippen LogP contribution in [0.1, 0.15) is 55.7 Å². The number of rotatable bonds is 7. The van der Waals surface area contributed by atoms with Crippen LogP contribution in [0.5, 0.6) is 0 Å². The molecule has 3 aromatic rings. The number of amides is 1. The monoisotopic (exact) mass is 647 g/mol. The highest BCUT2D eigenvalue weighted by Gasteiger charge is 2.42. The number of anilines is 2. The maximum absolute atomic E-state index is 14.2. The first-order valence-corrected chi connectivity index (χ1v) is 15.5. The van der Waals surface area contributed by atoms with Crippen LogP contribution >= 0.6 is 11.6 Å². The second-order valence-electron chi connectivity index (χ2n) is 11.4. The lowest BCUT2D eigenvalue weighted by Gasteiger charge is -2.37. The lowest BCUT2D eigenvalue weighted by Crippen LogP contribution is -2.49. The molecular formula is C32H37ClF3N5O4. The zero-order valence-corrected chi connectivity index (χ0v) is 26.3. The molecule has 1 aromatic heterocycles. The Balaban J connectivity index is 1.35. The van der Waals surface area contributed by atoms with Gasteiger partial charge in [-0.2, -0.15) is 18.3 Å². The van der Waals surface area contributed by atoms with Crippen molar-refractivity contribution >= 4 is 35.0 Å². The fourth-order valence-corrected chi connectivity index (χ4v) is 6.11. The Morgan fingerprint density at radius 2 is 1.73 bits per heavy atom. The number of piperazine rings is 1. The van der Waals surface area contributed by atoms with Gasteiger partial charge in [0.1, 0.15) is 5.56 Å². The first-order valence-electron chi connectivity index (χ1n) is 15.1. The van der Waals surface area contributed by atoms with E-state index in [4.69, 9.17) is 21.1 Å². The van der Waals surface area contributed by atoms with Gasteiger partial charge in [0.25, 0.3) is 0 Å². The number of aromatic nitrogens is 2. The van der Waals surface area contributed by atoms with E-state index in [9.17, 15) is 22.8 Å². The van der Waals surface area contributed by atoms with E-state index >= 15 is 0 Å². The maximum Gasteiger partial charge on any atom is 0.433 e. The molecule has 2 aliphatic heterocycles. The van der Waals surface area contributed by atoms with Crippen molar-refractivity contribution in [3.05, 3.63) is 64.9 Å². The minimum Gasteiger partial charge on any atom is -0.462 e. The van der Waals surface area contributed by atoms with Gasteiger partial charge in [0, 0.05) is 61.2 Å². The highest BCUT2D eigenvalue weighted by molar-refractivity contribution is 6.31. The summed E-state index contributed by atoms with van der Waals surface area (Å²) in [5.41, 5.74) is 2.00. The summed E-state index contributed by atoms with van der Waals surface area (Å²) in [4.78, 5) is 30.5. The second-order valence-corrected chi connectivity index (χ2v) is 11.9. The van der Waals surface area contributed by atoms with E-state index in [1.165, 1.54) is 0 Å². The molecule has 9 nitrogen and oxygen atoms in total. The Kier molecular flexibility index (Phi) is 9.81. The molecule has 2 aromatic carbocycles. The van der Waals surface area contributed by atoms with Gasteiger partial charge in [-0.05, 0) is 63.4 Å². The minimum absolute atomic E-state index is 0.0391. The third kappa shape index (κ3) is 7.32. The molecule has 3 heterocycles. The molecule has 5 rings (SSSR count). The molecule has 242 valence electrons. The van der Waals surface area contributed by atoms with Crippen molar-refractivity contribution in [2.24, 2.45) is 0 Å². The van der Waals surface area contributed by atoms with Gasteiger partial charge < -0.3 is 24.2 Å². The van der Waals surface area contributed by atoms with Crippen LogP contribution in [0.3, 0.4) is 0 Å². The van der Waals surface area contributed by atoms with Gasteiger partial charge >= 0.3 is 18.2 Å². The van der Waals surface area contributed by atoms with E-state index < -0.39 is 29.4 Å². The molecule has 1 atom stereocenters. The summed E-state index contributed by atoms with van der Waals surface area (Å²) in [6.07, 6.45) is -3.20. The molecule has 2 fully saturated rings. The Labute approximate surface area is 265 Å². The number of alkyl halides is 3. The maximum atomic E-state index is 14.2. The molecule has 0 radical (unpaired) electrons. The number of carbonyl (C=O) groups is 2. The molecule has 0 bridgehead atoms. The molecule has 2 saturated heterocycles. The number of benzene rings is 2. The summed E-state index contributed by atoms with van der Waals surface area (Å²) in [7, 11) is 0. The summed E-state index contributed by atoms with van der Waals surface area (Å²) in [6.45, 7) is 8.53. The first-order chi connectivity index (χ1) is 21.5. The molecule has 2 aliphatic rings. The molecule has 1 amide bonds. The van der Waals surface area contributed by atoms with Gasteiger partial charge in [0.15, 0.2) is 5.69 Å². The Bertz CT molecular complexity index is 1500. The van der Waals surface area contributed by atoms with Crippen molar-refractivity contribution in [3.8, 4) is 11.1 Å². The first kappa shape index (κ1) is 32.5. The Morgan fingerprint density at radius 3 is 2.38 bits per heavy atom. The highest BCUT2D eigenvalue weighted by Crippen LogP contribution is 2.39. The van der Waals surface area contributed by atoms with Gasteiger partial charge in [0.05, 0.1) is 24.9 Å². The topological polar surface area (TPSA) is 80.1 Å². The Morgan fingerprint density at radius 1 is 1.02 bits per heavy atom. The van der Waals surface area contributed by atoms with E-state index in [1.54, 1.807) is 17.9 Å². The number of hydrogen-bond donors (Lipinski definition) is 0. The van der Waals surface area contributed by atoms with Crippen LogP contribution in [-0.4, -0.2) is 78.7 Å². The SMILES string of the molecule is CCOC(=O)c1cnn(C2CCCN(c3cc(Cl)ccc3-c3ccc(N4CCN(C(=O)OC(C)C)CC4)cc3)C2)c1C(F)(F)F. The zero-order chi connectivity index (χ0) is 32.3. The van der Waals surface area contributed by atoms with Crippen LogP contribution in [0.2, 0.25) is 5.02 Å². The number of halogens is 4. The second kappa shape index (κ2) is 13.6. The van der Waals surface area contributed by atoms with Crippen molar-refractivity contribution in [3.63, 3.8) is 0 Å². The molecule has 13 heteroatoms. The lowest BCUT2D eigenvalue weighted by atomic mass is 9.99. The largest absolute Gasteiger partial charge is 0.462 e. The zero-order valence-electron chi connectivity index (χ0n) is 25.5.